The molecule has 0 aromatic rings. The lowest BCUT2D eigenvalue weighted by atomic mass is 9.67. The molecule has 0 nitrogen and oxygen atoms in total. The van der Waals surface area contributed by atoms with Crippen molar-refractivity contribution in [1.29, 1.82) is 0 Å². The van der Waals surface area contributed by atoms with Gasteiger partial charge in [-0.2, -0.15) is 0 Å². The summed E-state index contributed by atoms with van der Waals surface area (Å²) in [5, 5.41) is 0. The minimum Gasteiger partial charge on any atom is -0.0622 e. The van der Waals surface area contributed by atoms with Crippen molar-refractivity contribution in [3.8, 4) is 0 Å². The Balaban J connectivity index is 1.15. The summed E-state index contributed by atoms with van der Waals surface area (Å²) in [6.07, 6.45) is 25.5. The molecule has 0 aliphatic heterocycles. The second-order valence-corrected chi connectivity index (χ2v) is 12.7. The standard InChI is InChI=1S/C28H46/c1-18-15-21-16-19-7-6-8-20(19)17-28(21)22(18)13-14-27-25-11-4-2-9-23(25)24-10-3-5-12-26(24)27/h18-28H,2-17H2,1H3. The number of rotatable bonds is 3. The maximum absolute atomic E-state index is 2.65. The summed E-state index contributed by atoms with van der Waals surface area (Å²) in [6, 6.07) is 0. The molecule has 0 saturated heterocycles. The van der Waals surface area contributed by atoms with E-state index < -0.39 is 0 Å². The van der Waals surface area contributed by atoms with Crippen LogP contribution in [0.2, 0.25) is 0 Å². The van der Waals surface area contributed by atoms with Crippen LogP contribution in [0.1, 0.15) is 110 Å². The average molecular weight is 383 g/mol. The first-order valence-corrected chi connectivity index (χ1v) is 13.8. The third kappa shape index (κ3) is 3.05. The summed E-state index contributed by atoms with van der Waals surface area (Å²) >= 11 is 0. The maximum Gasteiger partial charge on any atom is -0.0352 e. The van der Waals surface area contributed by atoms with Crippen LogP contribution < -0.4 is 0 Å². The molecule has 6 saturated carbocycles. The van der Waals surface area contributed by atoms with Gasteiger partial charge in [-0.15, -0.1) is 0 Å². The van der Waals surface area contributed by atoms with Crippen molar-refractivity contribution >= 4 is 0 Å². The molecule has 0 spiro atoms. The molecule has 0 aromatic heterocycles. The molecule has 0 heteroatoms. The van der Waals surface area contributed by atoms with E-state index in [2.05, 4.69) is 6.92 Å². The Morgan fingerprint density at radius 1 is 0.464 bits per heavy atom. The highest BCUT2D eigenvalue weighted by atomic mass is 14.6. The molecule has 6 fully saturated rings. The Hall–Kier alpha value is 0. The van der Waals surface area contributed by atoms with Gasteiger partial charge in [-0.05, 0) is 123 Å². The van der Waals surface area contributed by atoms with Crippen LogP contribution in [0.25, 0.3) is 0 Å². The van der Waals surface area contributed by atoms with Crippen LogP contribution in [-0.4, -0.2) is 0 Å². The lowest BCUT2D eigenvalue weighted by Crippen LogP contribution is -2.30. The number of hydrogen-bond donors (Lipinski definition) is 0. The maximum atomic E-state index is 2.65. The SMILES string of the molecule is CC1CC2CC3CCCC3CC2C1CCC1C2CCCCC2C2CCCCC21. The van der Waals surface area contributed by atoms with E-state index in [9.17, 15) is 0 Å². The van der Waals surface area contributed by atoms with Crippen LogP contribution >= 0.6 is 0 Å². The summed E-state index contributed by atoms with van der Waals surface area (Å²) in [5.74, 6) is 12.5. The second kappa shape index (κ2) is 7.60. The zero-order valence-electron chi connectivity index (χ0n) is 18.7. The van der Waals surface area contributed by atoms with E-state index in [0.29, 0.717) is 0 Å². The van der Waals surface area contributed by atoms with Gasteiger partial charge in [0.2, 0.25) is 0 Å². The third-order valence-electron chi connectivity index (χ3n) is 11.8. The molecule has 6 rings (SSSR count). The van der Waals surface area contributed by atoms with E-state index in [0.717, 1.165) is 65.1 Å². The molecule has 0 aromatic carbocycles. The van der Waals surface area contributed by atoms with Gasteiger partial charge in [0.15, 0.2) is 0 Å². The highest BCUT2D eigenvalue weighted by Crippen LogP contribution is 2.61. The van der Waals surface area contributed by atoms with Gasteiger partial charge in [-0.1, -0.05) is 51.9 Å². The largest absolute Gasteiger partial charge is 0.0622 e. The molecule has 0 heterocycles. The molecule has 28 heavy (non-hydrogen) atoms. The lowest BCUT2D eigenvalue weighted by molar-refractivity contribution is 0.114. The highest BCUT2D eigenvalue weighted by Gasteiger charge is 2.52. The van der Waals surface area contributed by atoms with Gasteiger partial charge in [0.25, 0.3) is 0 Å². The molecule has 10 atom stereocenters. The van der Waals surface area contributed by atoms with Crippen molar-refractivity contribution in [2.75, 3.05) is 0 Å². The summed E-state index contributed by atoms with van der Waals surface area (Å²) in [7, 11) is 0. The molecule has 6 aliphatic carbocycles. The molecule has 0 amide bonds. The fourth-order valence-corrected chi connectivity index (χ4v) is 10.8. The molecule has 10 unspecified atom stereocenters. The minimum atomic E-state index is 1.04. The Morgan fingerprint density at radius 2 is 1.04 bits per heavy atom. The van der Waals surface area contributed by atoms with Gasteiger partial charge < -0.3 is 0 Å². The van der Waals surface area contributed by atoms with Gasteiger partial charge in [0.05, 0.1) is 0 Å². The molecular weight excluding hydrogens is 336 g/mol. The normalized spacial score (nSPS) is 55.4. The summed E-state index contributed by atoms with van der Waals surface area (Å²) in [4.78, 5) is 0. The Bertz CT molecular complexity index is 528. The van der Waals surface area contributed by atoms with Crippen LogP contribution in [0, 0.1) is 65.1 Å². The molecule has 0 N–H and O–H groups in total. The van der Waals surface area contributed by atoms with E-state index in [4.69, 9.17) is 0 Å². The van der Waals surface area contributed by atoms with Crippen LogP contribution in [0.4, 0.5) is 0 Å². The van der Waals surface area contributed by atoms with Gasteiger partial charge in [0, 0.05) is 0 Å². The van der Waals surface area contributed by atoms with Crippen LogP contribution in [0.3, 0.4) is 0 Å². The van der Waals surface area contributed by atoms with Gasteiger partial charge in [-0.25, -0.2) is 0 Å². The fourth-order valence-electron chi connectivity index (χ4n) is 10.8. The summed E-state index contributed by atoms with van der Waals surface area (Å²) in [6.45, 7) is 2.65. The Kier molecular flexibility index (Phi) is 5.09. The summed E-state index contributed by atoms with van der Waals surface area (Å²) in [5.41, 5.74) is 0. The first kappa shape index (κ1) is 18.7. The number of hydrogen-bond acceptors (Lipinski definition) is 0. The zero-order valence-corrected chi connectivity index (χ0v) is 18.7. The van der Waals surface area contributed by atoms with E-state index in [1.165, 1.54) is 0 Å². The highest BCUT2D eigenvalue weighted by molar-refractivity contribution is 5.01. The second-order valence-electron chi connectivity index (χ2n) is 12.7. The molecule has 0 radical (unpaired) electrons. The third-order valence-corrected chi connectivity index (χ3v) is 11.8. The number of fused-ring (bicyclic) bond motifs is 5. The summed E-state index contributed by atoms with van der Waals surface area (Å²) < 4.78 is 0. The Morgan fingerprint density at radius 3 is 1.71 bits per heavy atom. The van der Waals surface area contributed by atoms with Crippen LogP contribution in [0.5, 0.6) is 0 Å². The van der Waals surface area contributed by atoms with Crippen LogP contribution in [-0.2, 0) is 0 Å². The quantitative estimate of drug-likeness (QED) is 0.462. The van der Waals surface area contributed by atoms with E-state index >= 15 is 0 Å². The topological polar surface area (TPSA) is 0 Å². The first-order valence-electron chi connectivity index (χ1n) is 13.8. The van der Waals surface area contributed by atoms with Crippen molar-refractivity contribution in [3.63, 3.8) is 0 Å². The van der Waals surface area contributed by atoms with Crippen molar-refractivity contribution < 1.29 is 0 Å². The van der Waals surface area contributed by atoms with Crippen molar-refractivity contribution in [2.45, 2.75) is 110 Å². The predicted molar refractivity (Wildman–Crippen MR) is 118 cm³/mol. The van der Waals surface area contributed by atoms with E-state index in [1.54, 1.807) is 103 Å². The van der Waals surface area contributed by atoms with Crippen molar-refractivity contribution in [1.82, 2.24) is 0 Å². The predicted octanol–water partition coefficient (Wildman–Crippen LogP) is 8.11. The van der Waals surface area contributed by atoms with Gasteiger partial charge in [-0.3, -0.25) is 0 Å². The van der Waals surface area contributed by atoms with Crippen LogP contribution in [0.15, 0.2) is 0 Å². The van der Waals surface area contributed by atoms with Crippen molar-refractivity contribution in [2.24, 2.45) is 65.1 Å². The van der Waals surface area contributed by atoms with Gasteiger partial charge >= 0.3 is 0 Å². The lowest BCUT2D eigenvalue weighted by Gasteiger charge is -2.38. The molecule has 0 bridgehead atoms. The smallest absolute Gasteiger partial charge is 0.0352 e. The van der Waals surface area contributed by atoms with Crippen molar-refractivity contribution in [3.05, 3.63) is 0 Å². The van der Waals surface area contributed by atoms with E-state index in [1.807, 2.05) is 0 Å². The molecule has 158 valence electrons. The Labute approximate surface area is 175 Å². The monoisotopic (exact) mass is 382 g/mol. The first-order chi connectivity index (χ1) is 13.8. The van der Waals surface area contributed by atoms with E-state index in [-0.39, 0.29) is 0 Å². The zero-order chi connectivity index (χ0) is 18.7. The van der Waals surface area contributed by atoms with Gasteiger partial charge in [0.1, 0.15) is 0 Å². The molecular formula is C28H46. The minimum absolute atomic E-state index is 1.04. The average Bonchev–Trinajstić information content (AvgIpc) is 3.38. The fraction of sp³-hybridized carbons (Fsp3) is 1.00. The molecule has 6 aliphatic rings.